The lowest BCUT2D eigenvalue weighted by Crippen LogP contribution is -2.41. The summed E-state index contributed by atoms with van der Waals surface area (Å²) in [6.07, 6.45) is 3.30. The van der Waals surface area contributed by atoms with Crippen LogP contribution in [0.4, 0.5) is 19.0 Å². The second-order valence-corrected chi connectivity index (χ2v) is 12.8. The maximum absolute atomic E-state index is 14.2. The van der Waals surface area contributed by atoms with E-state index >= 15 is 0 Å². The molecule has 254 valence electrons. The van der Waals surface area contributed by atoms with Crippen molar-refractivity contribution in [1.82, 2.24) is 43.9 Å². The lowest BCUT2D eigenvalue weighted by atomic mass is 10.0. The number of H-pyrrole nitrogens is 1. The third kappa shape index (κ3) is 6.17. The minimum atomic E-state index is -4.60. The van der Waals surface area contributed by atoms with Crippen LogP contribution >= 0.6 is 0 Å². The molecule has 1 aliphatic heterocycles. The van der Waals surface area contributed by atoms with Crippen LogP contribution in [0.1, 0.15) is 48.5 Å². The fourth-order valence-electron chi connectivity index (χ4n) is 6.78. The summed E-state index contributed by atoms with van der Waals surface area (Å²) in [6.45, 7) is 5.29. The van der Waals surface area contributed by atoms with Gasteiger partial charge in [-0.05, 0) is 89.3 Å². The van der Waals surface area contributed by atoms with E-state index in [1.54, 1.807) is 27.5 Å². The zero-order chi connectivity index (χ0) is 34.4. The van der Waals surface area contributed by atoms with Crippen LogP contribution < -0.4 is 10.9 Å². The van der Waals surface area contributed by atoms with Crippen LogP contribution in [0.2, 0.25) is 0 Å². The summed E-state index contributed by atoms with van der Waals surface area (Å²) in [5.41, 5.74) is 2.58. The fourth-order valence-corrected chi connectivity index (χ4v) is 6.78. The summed E-state index contributed by atoms with van der Waals surface area (Å²) < 4.78 is 45.8. The number of nitrogens with one attached hydrogen (secondary N) is 2. The molecule has 1 atom stereocenters. The number of aryl methyl sites for hydroxylation is 1. The van der Waals surface area contributed by atoms with Crippen molar-refractivity contribution in [1.29, 1.82) is 0 Å². The number of alkyl halides is 3. The topological polar surface area (TPSA) is 112 Å². The molecule has 1 saturated heterocycles. The van der Waals surface area contributed by atoms with Gasteiger partial charge in [-0.15, -0.1) is 0 Å². The van der Waals surface area contributed by atoms with Crippen LogP contribution in [0, 0.1) is 6.92 Å². The molecule has 11 nitrogen and oxygen atoms in total. The lowest BCUT2D eigenvalue weighted by molar-refractivity contribution is -0.142. The van der Waals surface area contributed by atoms with Crippen LogP contribution in [-0.4, -0.2) is 77.1 Å². The van der Waals surface area contributed by atoms with Crippen molar-refractivity contribution in [3.63, 3.8) is 0 Å². The average Bonchev–Trinajstić information content (AvgIpc) is 3.69. The molecule has 0 spiro atoms. The summed E-state index contributed by atoms with van der Waals surface area (Å²) in [4.78, 5) is 34.1. The van der Waals surface area contributed by atoms with E-state index in [9.17, 15) is 18.0 Å². The predicted molar refractivity (Wildman–Crippen MR) is 182 cm³/mol. The van der Waals surface area contributed by atoms with Crippen LogP contribution in [0.15, 0.2) is 72.2 Å². The van der Waals surface area contributed by atoms with E-state index in [0.29, 0.717) is 64.1 Å². The quantitative estimate of drug-likeness (QED) is 0.208. The number of aromatic amines is 1. The van der Waals surface area contributed by atoms with Crippen LogP contribution in [-0.2, 0) is 12.7 Å². The molecule has 0 amide bonds. The number of halogens is 3. The maximum atomic E-state index is 14.2. The highest BCUT2D eigenvalue weighted by atomic mass is 19.4. The van der Waals surface area contributed by atoms with E-state index in [-0.39, 0.29) is 17.7 Å². The van der Waals surface area contributed by atoms with Gasteiger partial charge in [0.05, 0.1) is 17.1 Å². The SMILES string of the molecule is Cc1ccn2nc(C(C)Nc3ncnc4[nH]cc(-c5cnc(C(F)(F)F)c(CN6CCC(N(C)C)CC6)c5)c34)n(-c3ccccc3)c(=O)c12. The second-order valence-electron chi connectivity index (χ2n) is 12.8. The monoisotopic (exact) mass is 670 g/mol. The number of likely N-dealkylation sites (tertiary alicyclic amines) is 1. The van der Waals surface area contributed by atoms with Gasteiger partial charge in [-0.3, -0.25) is 19.2 Å². The first-order chi connectivity index (χ1) is 23.5. The molecule has 0 bridgehead atoms. The normalized spacial score (nSPS) is 15.4. The van der Waals surface area contributed by atoms with Gasteiger partial charge in [-0.1, -0.05) is 18.2 Å². The van der Waals surface area contributed by atoms with Gasteiger partial charge in [0.1, 0.15) is 29.0 Å². The first-order valence-corrected chi connectivity index (χ1v) is 16.2. The number of anilines is 1. The van der Waals surface area contributed by atoms with E-state index in [1.807, 2.05) is 64.3 Å². The van der Waals surface area contributed by atoms with Crippen molar-refractivity contribution in [2.45, 2.75) is 51.5 Å². The van der Waals surface area contributed by atoms with E-state index < -0.39 is 17.9 Å². The molecular weight excluding hydrogens is 633 g/mol. The third-order valence-electron chi connectivity index (χ3n) is 9.37. The van der Waals surface area contributed by atoms with Gasteiger partial charge in [0.25, 0.3) is 5.56 Å². The zero-order valence-corrected chi connectivity index (χ0v) is 27.7. The molecule has 0 radical (unpaired) electrons. The van der Waals surface area contributed by atoms with Crippen molar-refractivity contribution in [2.75, 3.05) is 32.5 Å². The molecule has 49 heavy (non-hydrogen) atoms. The van der Waals surface area contributed by atoms with Gasteiger partial charge < -0.3 is 15.2 Å². The highest BCUT2D eigenvalue weighted by molar-refractivity contribution is 6.00. The number of hydrogen-bond donors (Lipinski definition) is 2. The first-order valence-electron chi connectivity index (χ1n) is 16.2. The average molecular weight is 671 g/mol. The van der Waals surface area contributed by atoms with Gasteiger partial charge in [0.2, 0.25) is 0 Å². The molecule has 14 heteroatoms. The Bertz CT molecular complexity index is 2180. The number of benzene rings is 1. The van der Waals surface area contributed by atoms with Crippen LogP contribution in [0.25, 0.3) is 33.4 Å². The Morgan fingerprint density at radius 1 is 1.08 bits per heavy atom. The summed E-state index contributed by atoms with van der Waals surface area (Å²) >= 11 is 0. The summed E-state index contributed by atoms with van der Waals surface area (Å²) in [7, 11) is 4.06. The van der Waals surface area contributed by atoms with Gasteiger partial charge in [-0.2, -0.15) is 18.3 Å². The number of hydrogen-bond acceptors (Lipinski definition) is 8. The molecule has 0 aliphatic carbocycles. The van der Waals surface area contributed by atoms with Crippen molar-refractivity contribution in [2.24, 2.45) is 0 Å². The second kappa shape index (κ2) is 12.7. The van der Waals surface area contributed by atoms with Crippen LogP contribution in [0.3, 0.4) is 0 Å². The van der Waals surface area contributed by atoms with Crippen molar-refractivity contribution < 1.29 is 13.2 Å². The van der Waals surface area contributed by atoms with E-state index in [4.69, 9.17) is 5.10 Å². The molecule has 1 unspecified atom stereocenters. The number of piperidine rings is 1. The number of pyridine rings is 1. The highest BCUT2D eigenvalue weighted by Gasteiger charge is 2.36. The Kier molecular flexibility index (Phi) is 8.45. The zero-order valence-electron chi connectivity index (χ0n) is 27.7. The Morgan fingerprint density at radius 2 is 1.84 bits per heavy atom. The van der Waals surface area contributed by atoms with Gasteiger partial charge in [0, 0.05) is 42.3 Å². The highest BCUT2D eigenvalue weighted by Crippen LogP contribution is 2.37. The fraction of sp³-hybridized carbons (Fsp3) is 0.343. The van der Waals surface area contributed by atoms with E-state index in [1.165, 1.54) is 12.5 Å². The predicted octanol–water partition coefficient (Wildman–Crippen LogP) is 5.84. The molecule has 5 aromatic heterocycles. The molecule has 7 rings (SSSR count). The van der Waals surface area contributed by atoms with Crippen molar-refractivity contribution >= 4 is 22.4 Å². The Balaban J connectivity index is 1.27. The van der Waals surface area contributed by atoms with E-state index in [2.05, 4.69) is 35.1 Å². The maximum Gasteiger partial charge on any atom is 0.433 e. The number of para-hydroxylation sites is 1. The van der Waals surface area contributed by atoms with Gasteiger partial charge in [-0.25, -0.2) is 14.5 Å². The van der Waals surface area contributed by atoms with E-state index in [0.717, 1.165) is 18.4 Å². The minimum absolute atomic E-state index is 0.119. The molecule has 1 aliphatic rings. The van der Waals surface area contributed by atoms with Crippen molar-refractivity contribution in [3.05, 3.63) is 100 Å². The first kappa shape index (κ1) is 32.5. The molecule has 2 N–H and O–H groups in total. The number of nitrogens with zero attached hydrogens (tertiary/aromatic N) is 8. The summed E-state index contributed by atoms with van der Waals surface area (Å²) in [5, 5.41) is 8.83. The van der Waals surface area contributed by atoms with Crippen molar-refractivity contribution in [3.8, 4) is 16.8 Å². The Morgan fingerprint density at radius 3 is 2.55 bits per heavy atom. The van der Waals surface area contributed by atoms with Gasteiger partial charge >= 0.3 is 6.18 Å². The number of aromatic nitrogens is 7. The van der Waals surface area contributed by atoms with Crippen LogP contribution in [0.5, 0.6) is 0 Å². The Labute approximate surface area is 280 Å². The molecule has 6 heterocycles. The molecule has 1 aromatic carbocycles. The largest absolute Gasteiger partial charge is 0.433 e. The number of rotatable bonds is 8. The Hall–Kier alpha value is -5.08. The molecular formula is C35H37F3N10O. The minimum Gasteiger partial charge on any atom is -0.360 e. The lowest BCUT2D eigenvalue weighted by Gasteiger charge is -2.35. The molecule has 6 aromatic rings. The smallest absolute Gasteiger partial charge is 0.360 e. The van der Waals surface area contributed by atoms with Gasteiger partial charge in [0.15, 0.2) is 5.82 Å². The number of fused-ring (bicyclic) bond motifs is 2. The molecule has 1 fully saturated rings. The third-order valence-corrected chi connectivity index (χ3v) is 9.37. The standard InChI is InChI=1S/C35H37F3N10O/c1-21-10-15-47-29(21)34(49)48(26-8-6-5-7-9-26)33(44-47)22(2)43-32-28-27(18-40-31(28)41-20-42-32)23-16-24(30(39-17-23)35(36,37)38)19-46-13-11-25(12-14-46)45(3)4/h5-10,15-18,20,22,25H,11-14,19H2,1-4H3,(H2,40,41,42,43). The summed E-state index contributed by atoms with van der Waals surface area (Å²) in [6, 6.07) is 12.6. The summed E-state index contributed by atoms with van der Waals surface area (Å²) in [5.74, 6) is 0.873. The molecule has 0 saturated carbocycles.